The summed E-state index contributed by atoms with van der Waals surface area (Å²) in [6.07, 6.45) is 2.94. The van der Waals surface area contributed by atoms with Crippen LogP contribution in [0.5, 0.6) is 0 Å². The van der Waals surface area contributed by atoms with Crippen LogP contribution in [0.25, 0.3) is 33.9 Å². The molecule has 2 amide bonds. The molecule has 48 heavy (non-hydrogen) atoms. The van der Waals surface area contributed by atoms with Gasteiger partial charge in [0, 0.05) is 44.4 Å². The van der Waals surface area contributed by atoms with E-state index < -0.39 is 46.7 Å². The first kappa shape index (κ1) is 34.6. The zero-order valence-corrected chi connectivity index (χ0v) is 28.1. The maximum absolute atomic E-state index is 15.5. The third kappa shape index (κ3) is 7.55. The third-order valence-electron chi connectivity index (χ3n) is 7.88. The standard InChI is InChI=1S/C35H39F4N5O4/c1-34(2,3)47-32(45)43-12-8-20(9-13-43)22-16-28(38)24(18-26(22)36)30-40-41-31(42(30)7)25-19-27(37)23(17-29(25)39)21-10-14-44(15-11-21)33(46)48-35(4,5)6/h8,10,16-19H,9,11-15H2,1-7H3. The molecule has 0 N–H and O–H groups in total. The monoisotopic (exact) mass is 669 g/mol. The Labute approximate surface area is 276 Å². The van der Waals surface area contributed by atoms with Crippen LogP contribution < -0.4 is 0 Å². The molecule has 2 aliphatic rings. The van der Waals surface area contributed by atoms with Gasteiger partial charge in [-0.15, -0.1) is 10.2 Å². The van der Waals surface area contributed by atoms with Crippen LogP contribution in [0.3, 0.4) is 0 Å². The van der Waals surface area contributed by atoms with E-state index in [0.29, 0.717) is 24.0 Å². The number of nitrogens with zero attached hydrogens (tertiary/aromatic N) is 5. The van der Waals surface area contributed by atoms with Crippen molar-refractivity contribution in [3.63, 3.8) is 0 Å². The van der Waals surface area contributed by atoms with E-state index in [1.54, 1.807) is 53.7 Å². The Morgan fingerprint density at radius 2 is 0.958 bits per heavy atom. The van der Waals surface area contributed by atoms with Crippen LogP contribution in [-0.2, 0) is 16.5 Å². The van der Waals surface area contributed by atoms with Crippen molar-refractivity contribution in [2.45, 2.75) is 65.6 Å². The van der Waals surface area contributed by atoms with Gasteiger partial charge in [0.25, 0.3) is 0 Å². The average Bonchev–Trinajstić information content (AvgIpc) is 3.38. The second-order valence-corrected chi connectivity index (χ2v) is 13.8. The number of aromatic nitrogens is 3. The molecule has 1 aromatic heterocycles. The number of amides is 2. The largest absolute Gasteiger partial charge is 0.444 e. The molecule has 13 heteroatoms. The Morgan fingerprint density at radius 1 is 0.625 bits per heavy atom. The van der Waals surface area contributed by atoms with Gasteiger partial charge in [-0.25, -0.2) is 27.2 Å². The molecule has 0 atom stereocenters. The highest BCUT2D eigenvalue weighted by molar-refractivity contribution is 5.76. The first-order valence-corrected chi connectivity index (χ1v) is 15.6. The van der Waals surface area contributed by atoms with Crippen molar-refractivity contribution >= 4 is 23.3 Å². The first-order chi connectivity index (χ1) is 22.4. The lowest BCUT2D eigenvalue weighted by atomic mass is 9.97. The predicted octanol–water partition coefficient (Wildman–Crippen LogP) is 7.75. The van der Waals surface area contributed by atoms with Crippen LogP contribution in [0, 0.1) is 23.3 Å². The van der Waals surface area contributed by atoms with Gasteiger partial charge in [0.1, 0.15) is 34.5 Å². The highest BCUT2D eigenvalue weighted by Gasteiger charge is 2.28. The number of carbonyl (C=O) groups excluding carboxylic acids is 2. The van der Waals surface area contributed by atoms with E-state index in [-0.39, 0.29) is 60.1 Å². The molecule has 256 valence electrons. The highest BCUT2D eigenvalue weighted by atomic mass is 19.1. The molecule has 2 aliphatic heterocycles. The van der Waals surface area contributed by atoms with Gasteiger partial charge < -0.3 is 23.8 Å². The van der Waals surface area contributed by atoms with E-state index in [2.05, 4.69) is 10.2 Å². The van der Waals surface area contributed by atoms with Gasteiger partial charge in [-0.2, -0.15) is 0 Å². The molecule has 0 aliphatic carbocycles. The molecule has 5 rings (SSSR count). The third-order valence-corrected chi connectivity index (χ3v) is 7.88. The van der Waals surface area contributed by atoms with Gasteiger partial charge in [-0.3, -0.25) is 0 Å². The van der Waals surface area contributed by atoms with Crippen LogP contribution in [0.1, 0.15) is 65.5 Å². The van der Waals surface area contributed by atoms with E-state index in [0.717, 1.165) is 24.3 Å². The zero-order chi connectivity index (χ0) is 35.1. The molecule has 0 bridgehead atoms. The summed E-state index contributed by atoms with van der Waals surface area (Å²) < 4.78 is 73.8. The first-order valence-electron chi connectivity index (χ1n) is 15.6. The molecule has 0 saturated heterocycles. The number of hydrogen-bond acceptors (Lipinski definition) is 6. The molecule has 0 unspecified atom stereocenters. The molecule has 3 aromatic rings. The SMILES string of the molecule is Cn1c(-c2cc(F)c(C3=CCN(C(=O)OC(C)(C)C)CC3)cc2F)nnc1-c1cc(F)c(C2=CCN(C(=O)OC(C)(C)C)CC2)cc1F. The normalized spacial score (nSPS) is 15.6. The number of halogens is 4. The van der Waals surface area contributed by atoms with Crippen molar-refractivity contribution in [2.24, 2.45) is 7.05 Å². The predicted molar refractivity (Wildman–Crippen MR) is 173 cm³/mol. The van der Waals surface area contributed by atoms with Gasteiger partial charge >= 0.3 is 12.2 Å². The van der Waals surface area contributed by atoms with E-state index in [1.807, 2.05) is 0 Å². The van der Waals surface area contributed by atoms with Crippen molar-refractivity contribution in [1.29, 1.82) is 0 Å². The summed E-state index contributed by atoms with van der Waals surface area (Å²) >= 11 is 0. The Balaban J connectivity index is 1.35. The smallest absolute Gasteiger partial charge is 0.410 e. The van der Waals surface area contributed by atoms with Crippen LogP contribution in [-0.4, -0.2) is 74.1 Å². The number of ether oxygens (including phenoxy) is 2. The number of carbonyl (C=O) groups is 2. The quantitative estimate of drug-likeness (QED) is 0.264. The maximum atomic E-state index is 15.5. The fraction of sp³-hybridized carbons (Fsp3) is 0.429. The van der Waals surface area contributed by atoms with E-state index in [1.165, 1.54) is 21.4 Å². The Bertz CT molecular complexity index is 1690. The van der Waals surface area contributed by atoms with Crippen molar-refractivity contribution in [3.8, 4) is 22.8 Å². The summed E-state index contributed by atoms with van der Waals surface area (Å²) in [5.74, 6) is -3.14. The molecule has 3 heterocycles. The van der Waals surface area contributed by atoms with Gasteiger partial charge in [0.15, 0.2) is 11.6 Å². The molecular formula is C35H39F4N5O4. The van der Waals surface area contributed by atoms with E-state index >= 15 is 17.6 Å². The Hall–Kier alpha value is -4.68. The van der Waals surface area contributed by atoms with Crippen LogP contribution in [0.4, 0.5) is 27.2 Å². The second-order valence-electron chi connectivity index (χ2n) is 13.8. The van der Waals surface area contributed by atoms with Gasteiger partial charge in [0.2, 0.25) is 0 Å². The lowest BCUT2D eigenvalue weighted by molar-refractivity contribution is 0.0260. The maximum Gasteiger partial charge on any atom is 0.410 e. The molecule has 0 saturated carbocycles. The van der Waals surface area contributed by atoms with Crippen molar-refractivity contribution in [2.75, 3.05) is 26.2 Å². The molecule has 0 spiro atoms. The topological polar surface area (TPSA) is 89.8 Å². The van der Waals surface area contributed by atoms with Crippen molar-refractivity contribution in [1.82, 2.24) is 24.6 Å². The fourth-order valence-corrected chi connectivity index (χ4v) is 5.54. The van der Waals surface area contributed by atoms with Crippen LogP contribution >= 0.6 is 0 Å². The van der Waals surface area contributed by atoms with Crippen LogP contribution in [0.15, 0.2) is 36.4 Å². The minimum absolute atomic E-state index is 0.0532. The molecular weight excluding hydrogens is 630 g/mol. The molecule has 2 aromatic carbocycles. The number of rotatable bonds is 4. The number of benzene rings is 2. The summed E-state index contributed by atoms with van der Waals surface area (Å²) in [7, 11) is 1.45. The Morgan fingerprint density at radius 3 is 1.27 bits per heavy atom. The van der Waals surface area contributed by atoms with Crippen molar-refractivity contribution < 1.29 is 36.6 Å². The molecule has 9 nitrogen and oxygen atoms in total. The summed E-state index contributed by atoms with van der Waals surface area (Å²) in [4.78, 5) is 27.7. The minimum Gasteiger partial charge on any atom is -0.444 e. The Kier molecular flexibility index (Phi) is 9.44. The zero-order valence-electron chi connectivity index (χ0n) is 28.1. The number of hydrogen-bond donors (Lipinski definition) is 0. The second kappa shape index (κ2) is 13.1. The van der Waals surface area contributed by atoms with E-state index in [9.17, 15) is 9.59 Å². The van der Waals surface area contributed by atoms with Gasteiger partial charge in [-0.05, 0) is 89.8 Å². The summed E-state index contributed by atoms with van der Waals surface area (Å²) in [6.45, 7) is 11.5. The minimum atomic E-state index is -0.782. The average molecular weight is 670 g/mol. The van der Waals surface area contributed by atoms with Crippen LogP contribution in [0.2, 0.25) is 0 Å². The van der Waals surface area contributed by atoms with Gasteiger partial charge in [-0.1, -0.05) is 12.2 Å². The van der Waals surface area contributed by atoms with Gasteiger partial charge in [0.05, 0.1) is 11.1 Å². The highest BCUT2D eigenvalue weighted by Crippen LogP contribution is 2.34. The summed E-state index contributed by atoms with van der Waals surface area (Å²) in [5.41, 5.74) is -0.533. The molecule has 0 radical (unpaired) electrons. The summed E-state index contributed by atoms with van der Waals surface area (Å²) in [5, 5.41) is 7.96. The van der Waals surface area contributed by atoms with E-state index in [4.69, 9.17) is 9.47 Å². The lowest BCUT2D eigenvalue weighted by Gasteiger charge is -2.29. The summed E-state index contributed by atoms with van der Waals surface area (Å²) in [6, 6.07) is 4.11. The fourth-order valence-electron chi connectivity index (χ4n) is 5.54. The lowest BCUT2D eigenvalue weighted by Crippen LogP contribution is -2.39. The van der Waals surface area contributed by atoms with Crippen molar-refractivity contribution in [3.05, 3.63) is 70.8 Å². The molecule has 0 fully saturated rings.